The van der Waals surface area contributed by atoms with Gasteiger partial charge in [0.05, 0.1) is 6.04 Å². The molecule has 0 spiro atoms. The summed E-state index contributed by atoms with van der Waals surface area (Å²) in [6, 6.07) is -0.521. The van der Waals surface area contributed by atoms with Crippen LogP contribution in [0, 0.1) is 0 Å². The molecular formula is C7H11N3OS. The average Bonchev–Trinajstić information content (AvgIpc) is 2.36. The largest absolute Gasteiger partial charge is 0.327 e. The van der Waals surface area contributed by atoms with Crippen LogP contribution in [0.15, 0.2) is 16.6 Å². The van der Waals surface area contributed by atoms with Crippen molar-refractivity contribution < 1.29 is 4.79 Å². The number of aromatic nitrogens is 1. The van der Waals surface area contributed by atoms with E-state index in [4.69, 9.17) is 5.73 Å². The number of nitrogens with zero attached hydrogens (tertiary/aromatic N) is 2. The summed E-state index contributed by atoms with van der Waals surface area (Å²) >= 11 is 1.42. The summed E-state index contributed by atoms with van der Waals surface area (Å²) in [5.41, 5.74) is 5.35. The molecule has 4 nitrogen and oxygen atoms in total. The molecule has 0 radical (unpaired) electrons. The van der Waals surface area contributed by atoms with Gasteiger partial charge in [0.2, 0.25) is 0 Å². The summed E-state index contributed by atoms with van der Waals surface area (Å²) in [4.78, 5) is 15.6. The smallest absolute Gasteiger partial charge is 0.264 e. The zero-order valence-corrected chi connectivity index (χ0v) is 7.84. The number of hydrogen-bond donors (Lipinski definition) is 1. The van der Waals surface area contributed by atoms with Crippen LogP contribution in [0.3, 0.4) is 0 Å². The van der Waals surface area contributed by atoms with Gasteiger partial charge in [-0.3, -0.25) is 4.79 Å². The van der Waals surface area contributed by atoms with E-state index in [9.17, 15) is 4.79 Å². The van der Waals surface area contributed by atoms with Crippen molar-refractivity contribution in [2.45, 2.75) is 13.0 Å². The molecule has 1 rings (SSSR count). The molecule has 1 atom stereocenters. The van der Waals surface area contributed by atoms with Crippen molar-refractivity contribution >= 4 is 17.2 Å². The molecule has 5 heteroatoms. The zero-order valence-electron chi connectivity index (χ0n) is 7.02. The highest BCUT2D eigenvalue weighted by Crippen LogP contribution is 1.87. The van der Waals surface area contributed by atoms with Crippen LogP contribution >= 0.6 is 11.3 Å². The quantitative estimate of drug-likeness (QED) is 0.662. The minimum absolute atomic E-state index is 0.284. The Morgan fingerprint density at radius 1 is 1.83 bits per heavy atom. The molecule has 1 amide bonds. The topological polar surface area (TPSA) is 60.4 Å². The molecule has 0 fully saturated rings. The molecule has 2 N–H and O–H groups in total. The summed E-state index contributed by atoms with van der Waals surface area (Å²) in [5.74, 6) is -0.284. The van der Waals surface area contributed by atoms with Crippen LogP contribution < -0.4 is 10.5 Å². The SMILES string of the molecule is CC(N)C(=O)N=c1sccn1C. The average molecular weight is 185 g/mol. The van der Waals surface area contributed by atoms with Crippen molar-refractivity contribution in [3.63, 3.8) is 0 Å². The summed E-state index contributed by atoms with van der Waals surface area (Å²) in [7, 11) is 1.84. The fraction of sp³-hybridized carbons (Fsp3) is 0.429. The van der Waals surface area contributed by atoms with Gasteiger partial charge >= 0.3 is 0 Å². The van der Waals surface area contributed by atoms with Gasteiger partial charge in [-0.05, 0) is 6.92 Å². The van der Waals surface area contributed by atoms with Gasteiger partial charge in [-0.15, -0.1) is 11.3 Å². The van der Waals surface area contributed by atoms with E-state index in [1.807, 2.05) is 18.6 Å². The first-order chi connectivity index (χ1) is 5.61. The van der Waals surface area contributed by atoms with Gasteiger partial charge in [-0.1, -0.05) is 0 Å². The lowest BCUT2D eigenvalue weighted by Crippen LogP contribution is -2.27. The van der Waals surface area contributed by atoms with Crippen LogP contribution in [-0.2, 0) is 11.8 Å². The van der Waals surface area contributed by atoms with E-state index in [1.54, 1.807) is 11.5 Å². The standard InChI is InChI=1S/C7H11N3OS/c1-5(8)6(11)9-7-10(2)3-4-12-7/h3-5H,8H2,1-2H3. The lowest BCUT2D eigenvalue weighted by molar-refractivity contribution is -0.118. The molecule has 1 aromatic rings. The zero-order chi connectivity index (χ0) is 9.14. The Bertz CT molecular complexity index is 336. The van der Waals surface area contributed by atoms with Crippen LogP contribution in [0.25, 0.3) is 0 Å². The Labute approximate surface area is 74.4 Å². The first-order valence-corrected chi connectivity index (χ1v) is 4.43. The third-order valence-electron chi connectivity index (χ3n) is 1.36. The highest BCUT2D eigenvalue weighted by molar-refractivity contribution is 7.07. The number of thiazole rings is 1. The van der Waals surface area contributed by atoms with Crippen molar-refractivity contribution in [3.8, 4) is 0 Å². The van der Waals surface area contributed by atoms with E-state index in [0.717, 1.165) is 0 Å². The highest BCUT2D eigenvalue weighted by Gasteiger charge is 2.04. The third kappa shape index (κ3) is 2.02. The molecule has 0 aliphatic carbocycles. The van der Waals surface area contributed by atoms with Gasteiger partial charge in [0.15, 0.2) is 4.80 Å². The number of hydrogen-bond acceptors (Lipinski definition) is 3. The lowest BCUT2D eigenvalue weighted by Gasteiger charge is -1.95. The Kier molecular flexibility index (Phi) is 2.78. The normalized spacial score (nSPS) is 14.8. The number of nitrogens with two attached hydrogens (primary N) is 1. The van der Waals surface area contributed by atoms with E-state index in [0.29, 0.717) is 4.80 Å². The Balaban J connectivity index is 2.98. The highest BCUT2D eigenvalue weighted by atomic mass is 32.1. The van der Waals surface area contributed by atoms with Crippen LogP contribution in [0.5, 0.6) is 0 Å². The predicted octanol–water partition coefficient (Wildman–Crippen LogP) is -0.139. The van der Waals surface area contributed by atoms with Crippen molar-refractivity contribution in [3.05, 3.63) is 16.4 Å². The maximum absolute atomic E-state index is 11.1. The van der Waals surface area contributed by atoms with Crippen LogP contribution in [0.2, 0.25) is 0 Å². The van der Waals surface area contributed by atoms with Gasteiger partial charge < -0.3 is 10.3 Å². The molecule has 0 aromatic carbocycles. The molecular weight excluding hydrogens is 174 g/mol. The van der Waals surface area contributed by atoms with E-state index in [2.05, 4.69) is 4.99 Å². The monoisotopic (exact) mass is 185 g/mol. The van der Waals surface area contributed by atoms with Gasteiger partial charge in [0, 0.05) is 18.6 Å². The van der Waals surface area contributed by atoms with E-state index < -0.39 is 6.04 Å². The fourth-order valence-corrected chi connectivity index (χ4v) is 1.37. The van der Waals surface area contributed by atoms with E-state index >= 15 is 0 Å². The lowest BCUT2D eigenvalue weighted by atomic mass is 10.3. The van der Waals surface area contributed by atoms with Crippen LogP contribution in [0.1, 0.15) is 6.92 Å². The fourth-order valence-electron chi connectivity index (χ4n) is 0.631. The third-order valence-corrected chi connectivity index (χ3v) is 2.20. The summed E-state index contributed by atoms with van der Waals surface area (Å²) < 4.78 is 1.78. The molecule has 0 aliphatic heterocycles. The maximum Gasteiger partial charge on any atom is 0.264 e. The Morgan fingerprint density at radius 2 is 2.50 bits per heavy atom. The van der Waals surface area contributed by atoms with Gasteiger partial charge in [-0.2, -0.15) is 4.99 Å². The molecule has 0 saturated carbocycles. The molecule has 0 aliphatic rings. The van der Waals surface area contributed by atoms with Gasteiger partial charge in [0.25, 0.3) is 5.91 Å². The van der Waals surface area contributed by atoms with Crippen molar-refractivity contribution in [1.82, 2.24) is 4.57 Å². The predicted molar refractivity (Wildman–Crippen MR) is 47.5 cm³/mol. The minimum Gasteiger partial charge on any atom is -0.327 e. The Morgan fingerprint density at radius 3 is 2.92 bits per heavy atom. The number of aryl methyl sites for hydroxylation is 1. The van der Waals surface area contributed by atoms with Crippen LogP contribution in [-0.4, -0.2) is 16.5 Å². The Hall–Kier alpha value is -0.940. The van der Waals surface area contributed by atoms with Crippen molar-refractivity contribution in [1.29, 1.82) is 0 Å². The molecule has 0 bridgehead atoms. The minimum atomic E-state index is -0.521. The van der Waals surface area contributed by atoms with Crippen molar-refractivity contribution in [2.75, 3.05) is 0 Å². The summed E-state index contributed by atoms with van der Waals surface area (Å²) in [6.07, 6.45) is 1.85. The molecule has 1 heterocycles. The van der Waals surface area contributed by atoms with Gasteiger partial charge in [-0.25, -0.2) is 0 Å². The first kappa shape index (κ1) is 9.15. The number of rotatable bonds is 1. The maximum atomic E-state index is 11.1. The molecule has 12 heavy (non-hydrogen) atoms. The molecule has 1 unspecified atom stereocenters. The molecule has 0 saturated heterocycles. The second kappa shape index (κ2) is 3.64. The molecule has 66 valence electrons. The van der Waals surface area contributed by atoms with Gasteiger partial charge in [0.1, 0.15) is 0 Å². The van der Waals surface area contributed by atoms with Crippen LogP contribution in [0.4, 0.5) is 0 Å². The van der Waals surface area contributed by atoms with E-state index in [-0.39, 0.29) is 5.91 Å². The number of amides is 1. The second-order valence-corrected chi connectivity index (χ2v) is 3.41. The number of carbonyl (C=O) groups is 1. The summed E-state index contributed by atoms with van der Waals surface area (Å²) in [6.45, 7) is 1.62. The first-order valence-electron chi connectivity index (χ1n) is 3.55. The molecule has 1 aromatic heterocycles. The van der Waals surface area contributed by atoms with Crippen molar-refractivity contribution in [2.24, 2.45) is 17.8 Å². The second-order valence-electron chi connectivity index (χ2n) is 2.54. The van der Waals surface area contributed by atoms with E-state index in [1.165, 1.54) is 11.3 Å². The summed E-state index contributed by atoms with van der Waals surface area (Å²) in [5, 5.41) is 1.87. The number of carbonyl (C=O) groups excluding carboxylic acids is 1.